The Morgan fingerprint density at radius 1 is 1.00 bits per heavy atom. The molecule has 0 spiro atoms. The van der Waals surface area contributed by atoms with E-state index in [0.29, 0.717) is 0 Å². The van der Waals surface area contributed by atoms with Crippen LogP contribution in [0, 0.1) is 7.43 Å². The fourth-order valence-corrected chi connectivity index (χ4v) is 3.76. The van der Waals surface area contributed by atoms with Crippen molar-refractivity contribution in [3.63, 3.8) is 0 Å². The first-order chi connectivity index (χ1) is 9.65. The zero-order valence-corrected chi connectivity index (χ0v) is 17.4. The van der Waals surface area contributed by atoms with Gasteiger partial charge in [-0.15, -0.1) is 0 Å². The van der Waals surface area contributed by atoms with Crippen molar-refractivity contribution in [3.05, 3.63) is 23.4 Å². The third kappa shape index (κ3) is 16.9. The SMILES string of the molecule is C[N-]C.C[N-]C.[2H]C1C([2H])C([2H])C([Si](C)(C)C[N-]C)C1[2H].[CH3-].[Zr+4]. The summed E-state index contributed by atoms with van der Waals surface area (Å²) < 4.78 is 31.3. The molecule has 1 fully saturated rings. The molecule has 4 unspecified atom stereocenters. The summed E-state index contributed by atoms with van der Waals surface area (Å²) >= 11 is 0. The Kier molecular flexibility index (Phi) is 18.0. The first-order valence-corrected chi connectivity index (χ1v) is 9.15. The Morgan fingerprint density at radius 3 is 1.58 bits per heavy atom. The molecule has 0 bridgehead atoms. The molecule has 1 aliphatic rings. The van der Waals surface area contributed by atoms with Crippen molar-refractivity contribution in [1.82, 2.24) is 0 Å². The van der Waals surface area contributed by atoms with Crippen molar-refractivity contribution >= 4 is 8.07 Å². The second-order valence-electron chi connectivity index (χ2n) is 4.65. The van der Waals surface area contributed by atoms with Gasteiger partial charge in [-0.2, -0.15) is 41.4 Å². The monoisotopic (exact) mass is 367 g/mol. The number of nitrogens with zero attached hydrogens (tertiary/aromatic N) is 3. The van der Waals surface area contributed by atoms with Crippen LogP contribution in [0.5, 0.6) is 0 Å². The fourth-order valence-electron chi connectivity index (χ4n) is 1.47. The van der Waals surface area contributed by atoms with Crippen molar-refractivity contribution < 1.29 is 31.7 Å². The summed E-state index contributed by atoms with van der Waals surface area (Å²) in [6.07, 6.45) is -1.79. The largest absolute Gasteiger partial charge is 4.00 e. The van der Waals surface area contributed by atoms with Crippen LogP contribution >= 0.6 is 0 Å². The molecule has 0 radical (unpaired) electrons. The van der Waals surface area contributed by atoms with E-state index in [1.54, 1.807) is 35.2 Å². The minimum atomic E-state index is -1.76. The van der Waals surface area contributed by atoms with Crippen LogP contribution in [0.1, 0.15) is 31.1 Å². The Labute approximate surface area is 148 Å². The van der Waals surface area contributed by atoms with Crippen molar-refractivity contribution in [3.8, 4) is 0 Å². The summed E-state index contributed by atoms with van der Waals surface area (Å²) in [4.78, 5) is 0. The van der Waals surface area contributed by atoms with Crippen LogP contribution in [0.4, 0.5) is 0 Å². The molecule has 0 aromatic rings. The first kappa shape index (κ1) is 18.0. The second-order valence-corrected chi connectivity index (χ2v) is 9.61. The van der Waals surface area contributed by atoms with E-state index in [4.69, 9.17) is 5.48 Å². The molecular formula is C14H35N3SiZr. The normalized spacial score (nSPS) is 35.4. The van der Waals surface area contributed by atoms with Gasteiger partial charge in [0.05, 0.1) is 0 Å². The molecule has 1 rings (SSSR count). The van der Waals surface area contributed by atoms with Gasteiger partial charge in [0.25, 0.3) is 0 Å². The third-order valence-electron chi connectivity index (χ3n) is 2.22. The van der Waals surface area contributed by atoms with Crippen LogP contribution in [0.2, 0.25) is 18.6 Å². The van der Waals surface area contributed by atoms with E-state index in [9.17, 15) is 0 Å². The van der Waals surface area contributed by atoms with Crippen LogP contribution < -0.4 is 0 Å². The van der Waals surface area contributed by atoms with Gasteiger partial charge in [-0.3, -0.25) is 0 Å². The summed E-state index contributed by atoms with van der Waals surface area (Å²) in [6.45, 7) is 4.25. The second kappa shape index (κ2) is 19.0. The van der Waals surface area contributed by atoms with E-state index in [1.165, 1.54) is 0 Å². The average molecular weight is 369 g/mol. The molecule has 1 aliphatic carbocycles. The molecule has 114 valence electrons. The molecule has 0 aromatic carbocycles. The molecule has 4 atom stereocenters. The molecule has 1 saturated carbocycles. The summed E-state index contributed by atoms with van der Waals surface area (Å²) in [7, 11) is 7.00. The zero-order chi connectivity index (χ0) is 17.2. The van der Waals surface area contributed by atoms with Crippen molar-refractivity contribution in [2.45, 2.75) is 44.2 Å². The van der Waals surface area contributed by atoms with E-state index >= 15 is 0 Å². The summed E-state index contributed by atoms with van der Waals surface area (Å²) in [5, 5.41) is 11.1. The molecule has 0 aliphatic heterocycles. The summed E-state index contributed by atoms with van der Waals surface area (Å²) in [6, 6.07) is 0. The van der Waals surface area contributed by atoms with Crippen LogP contribution in [-0.2, 0) is 26.2 Å². The van der Waals surface area contributed by atoms with E-state index < -0.39 is 33.7 Å². The van der Waals surface area contributed by atoms with Gasteiger partial charge in [-0.25, -0.2) is 0 Å². The maximum atomic E-state index is 7.96. The van der Waals surface area contributed by atoms with E-state index in [-0.39, 0.29) is 39.2 Å². The molecule has 19 heavy (non-hydrogen) atoms. The quantitative estimate of drug-likeness (QED) is 0.504. The fraction of sp³-hybridized carbons (Fsp3) is 0.929. The molecular weight excluding hydrogens is 329 g/mol. The molecule has 0 N–H and O–H groups in total. The average Bonchev–Trinajstić information content (AvgIpc) is 2.56. The van der Waals surface area contributed by atoms with Gasteiger partial charge in [-0.1, -0.05) is 38.7 Å². The topological polar surface area (TPSA) is 42.3 Å². The van der Waals surface area contributed by atoms with Crippen molar-refractivity contribution in [2.24, 2.45) is 0 Å². The Balaban J connectivity index is -0.000000197. The van der Waals surface area contributed by atoms with Crippen molar-refractivity contribution in [1.29, 1.82) is 0 Å². The van der Waals surface area contributed by atoms with Gasteiger partial charge in [0.2, 0.25) is 0 Å². The molecule has 0 heterocycles. The van der Waals surface area contributed by atoms with Crippen LogP contribution in [-0.4, -0.2) is 49.5 Å². The molecule has 0 saturated heterocycles. The van der Waals surface area contributed by atoms with E-state index in [0.717, 1.165) is 6.17 Å². The van der Waals surface area contributed by atoms with Gasteiger partial charge < -0.3 is 23.4 Å². The Hall–Kier alpha value is 0.980. The van der Waals surface area contributed by atoms with E-state index in [2.05, 4.69) is 29.0 Å². The van der Waals surface area contributed by atoms with Gasteiger partial charge in [-0.05, 0) is 5.54 Å². The maximum absolute atomic E-state index is 7.96. The van der Waals surface area contributed by atoms with Gasteiger partial charge >= 0.3 is 26.2 Å². The van der Waals surface area contributed by atoms with Crippen molar-refractivity contribution in [2.75, 3.05) is 41.4 Å². The predicted octanol–water partition coefficient (Wildman–Crippen LogP) is 4.87. The standard InChI is InChI=1S/C9H20NSi.2C2H6N.CH3.Zr/c1-10-8-11(2,3)9-6-4-5-7-9;2*1-3-2;;/h9H,4-8H2,1-3H3;2*1-2H3;1H3;/q4*-1;+4/i4D,5D,6D,7D;;;;. The maximum Gasteiger partial charge on any atom is 4.00 e. The Bertz CT molecular complexity index is 250. The van der Waals surface area contributed by atoms with Crippen LogP contribution in [0.3, 0.4) is 0 Å². The number of rotatable bonds is 3. The smallest absolute Gasteiger partial charge is 0.668 e. The van der Waals surface area contributed by atoms with Gasteiger partial charge in [0, 0.05) is 13.6 Å². The van der Waals surface area contributed by atoms with Crippen LogP contribution in [0.15, 0.2) is 0 Å². The third-order valence-corrected chi connectivity index (χ3v) is 5.54. The van der Waals surface area contributed by atoms with Gasteiger partial charge in [0.15, 0.2) is 0 Å². The van der Waals surface area contributed by atoms with E-state index in [1.807, 2.05) is 0 Å². The predicted molar refractivity (Wildman–Crippen MR) is 90.7 cm³/mol. The number of hydrogen-bond donors (Lipinski definition) is 0. The molecule has 0 amide bonds. The molecule has 3 nitrogen and oxygen atoms in total. The minimum Gasteiger partial charge on any atom is -0.668 e. The summed E-state index contributed by atoms with van der Waals surface area (Å²) in [5.41, 5.74) is -0.0776. The molecule has 0 aromatic heterocycles. The number of hydrogen-bond acceptors (Lipinski definition) is 0. The minimum absolute atomic E-state index is 0. The molecule has 5 heteroatoms. The van der Waals surface area contributed by atoms with Gasteiger partial charge in [0.1, 0.15) is 0 Å². The summed E-state index contributed by atoms with van der Waals surface area (Å²) in [5.74, 6) is 0. The Morgan fingerprint density at radius 2 is 1.32 bits per heavy atom. The first-order valence-electron chi connectivity index (χ1n) is 8.17. The zero-order valence-electron chi connectivity index (χ0n) is 17.9. The van der Waals surface area contributed by atoms with Crippen LogP contribution in [0.25, 0.3) is 16.0 Å².